The summed E-state index contributed by atoms with van der Waals surface area (Å²) in [5.41, 5.74) is 6.18. The van der Waals surface area contributed by atoms with Crippen molar-refractivity contribution >= 4 is 17.5 Å². The van der Waals surface area contributed by atoms with Crippen molar-refractivity contribution < 1.29 is 27.2 Å². The van der Waals surface area contributed by atoms with Gasteiger partial charge < -0.3 is 16.0 Å². The summed E-state index contributed by atoms with van der Waals surface area (Å²) in [5, 5.41) is 2.54. The van der Waals surface area contributed by atoms with E-state index in [0.717, 1.165) is 43.7 Å². The van der Waals surface area contributed by atoms with Gasteiger partial charge in [-0.05, 0) is 61.1 Å². The second-order valence-electron chi connectivity index (χ2n) is 8.69. The number of carbonyl (C=O) groups is 1. The Balaban J connectivity index is 1.68. The molecule has 0 spiro atoms. The molecule has 2 saturated carbocycles. The number of rotatable bonds is 9. The van der Waals surface area contributed by atoms with E-state index in [0.29, 0.717) is 17.4 Å². The number of alkyl halides is 3. The lowest BCUT2D eigenvalue weighted by Crippen LogP contribution is -2.43. The summed E-state index contributed by atoms with van der Waals surface area (Å²) in [6.07, 6.45) is -0.221. The van der Waals surface area contributed by atoms with Crippen LogP contribution in [0, 0.1) is 23.6 Å². The quantitative estimate of drug-likeness (QED) is 0.451. The molecule has 2 atom stereocenters. The number of benzene rings is 1. The predicted molar refractivity (Wildman–Crippen MR) is 108 cm³/mol. The lowest BCUT2D eigenvalue weighted by atomic mass is 9.89. The molecule has 2 aliphatic carbocycles. The maximum atomic E-state index is 14.7. The summed E-state index contributed by atoms with van der Waals surface area (Å²) in [6.45, 7) is 0.172. The molecule has 31 heavy (non-hydrogen) atoms. The standard InChI is InChI=1S/C22H27F4N3O2/c1-12(18(10-30)29(2)11-22(24,25)26)15-7-8-17(16(23)9-15)28-21(31)20(27)19(13-3-4-13)14-5-6-14/h7-9,12-14,19-20H,3-6,11,27H2,1-2H3,(H,28,31)/t12?,20-/m0/s1. The Labute approximate surface area is 178 Å². The fourth-order valence-electron chi connectivity index (χ4n) is 4.24. The summed E-state index contributed by atoms with van der Waals surface area (Å²) in [4.78, 5) is 24.6. The van der Waals surface area contributed by atoms with E-state index < -0.39 is 36.4 Å². The molecule has 0 bridgehead atoms. The van der Waals surface area contributed by atoms with E-state index in [2.05, 4.69) is 5.32 Å². The lowest BCUT2D eigenvalue weighted by molar-refractivity contribution is -0.139. The van der Waals surface area contributed by atoms with Gasteiger partial charge >= 0.3 is 6.18 Å². The molecular formula is C22H27F4N3O2. The van der Waals surface area contributed by atoms with Crippen molar-refractivity contribution in [2.45, 2.75) is 50.7 Å². The number of anilines is 1. The van der Waals surface area contributed by atoms with Crippen molar-refractivity contribution in [3.63, 3.8) is 0 Å². The van der Waals surface area contributed by atoms with Gasteiger partial charge in [-0.2, -0.15) is 13.2 Å². The molecule has 1 unspecified atom stereocenters. The van der Waals surface area contributed by atoms with Crippen LogP contribution in [0.1, 0.15) is 44.1 Å². The zero-order chi connectivity index (χ0) is 22.9. The Kier molecular flexibility index (Phi) is 6.76. The first-order chi connectivity index (χ1) is 14.5. The molecule has 170 valence electrons. The van der Waals surface area contributed by atoms with E-state index in [9.17, 15) is 27.2 Å². The third kappa shape index (κ3) is 5.86. The molecule has 0 radical (unpaired) electrons. The van der Waals surface area contributed by atoms with Gasteiger partial charge in [0.1, 0.15) is 24.0 Å². The number of hydrogen-bond acceptors (Lipinski definition) is 4. The molecule has 1 amide bonds. The average Bonchev–Trinajstić information content (AvgIpc) is 3.57. The van der Waals surface area contributed by atoms with Crippen LogP contribution in [-0.4, -0.2) is 42.6 Å². The van der Waals surface area contributed by atoms with Crippen molar-refractivity contribution in [2.24, 2.45) is 23.5 Å². The first-order valence-corrected chi connectivity index (χ1v) is 10.4. The Morgan fingerprint density at radius 3 is 2.29 bits per heavy atom. The zero-order valence-corrected chi connectivity index (χ0v) is 17.5. The van der Waals surface area contributed by atoms with Crippen LogP contribution in [0.3, 0.4) is 0 Å². The summed E-state index contributed by atoms with van der Waals surface area (Å²) in [7, 11) is 1.13. The summed E-state index contributed by atoms with van der Waals surface area (Å²) < 4.78 is 52.6. The van der Waals surface area contributed by atoms with Crippen LogP contribution in [-0.2, 0) is 9.59 Å². The van der Waals surface area contributed by atoms with E-state index in [-0.39, 0.29) is 17.3 Å². The van der Waals surface area contributed by atoms with Gasteiger partial charge in [-0.3, -0.25) is 4.79 Å². The lowest BCUT2D eigenvalue weighted by Gasteiger charge is -2.26. The van der Waals surface area contributed by atoms with Crippen LogP contribution in [0.15, 0.2) is 23.9 Å². The Morgan fingerprint density at radius 2 is 1.84 bits per heavy atom. The van der Waals surface area contributed by atoms with E-state index >= 15 is 0 Å². The molecule has 1 aromatic rings. The van der Waals surface area contributed by atoms with Crippen LogP contribution < -0.4 is 11.1 Å². The number of halogens is 4. The van der Waals surface area contributed by atoms with Crippen LogP contribution in [0.4, 0.5) is 23.2 Å². The van der Waals surface area contributed by atoms with Crippen LogP contribution in [0.25, 0.3) is 0 Å². The van der Waals surface area contributed by atoms with E-state index in [4.69, 9.17) is 5.73 Å². The van der Waals surface area contributed by atoms with Gasteiger partial charge in [-0.15, -0.1) is 0 Å². The molecule has 2 aliphatic rings. The highest BCUT2D eigenvalue weighted by Gasteiger charge is 2.46. The number of carbonyl (C=O) groups excluding carboxylic acids is 2. The van der Waals surface area contributed by atoms with E-state index in [1.165, 1.54) is 25.0 Å². The minimum atomic E-state index is -4.49. The fourth-order valence-corrected chi connectivity index (χ4v) is 4.24. The maximum Gasteiger partial charge on any atom is 0.405 e. The van der Waals surface area contributed by atoms with Crippen molar-refractivity contribution in [3.05, 3.63) is 35.3 Å². The molecule has 3 rings (SSSR count). The molecule has 3 N–H and O–H groups in total. The SMILES string of the molecule is CC(C(=C=O)N(C)CC(F)(F)F)c1ccc(NC(=O)[C@@H](N)C(C2CC2)C2CC2)c(F)c1. The highest BCUT2D eigenvalue weighted by atomic mass is 19.4. The Hall–Kier alpha value is -2.38. The average molecular weight is 441 g/mol. The van der Waals surface area contributed by atoms with Crippen molar-refractivity contribution in [1.82, 2.24) is 4.90 Å². The van der Waals surface area contributed by atoms with Gasteiger partial charge in [-0.1, -0.05) is 13.0 Å². The number of hydrogen-bond donors (Lipinski definition) is 2. The van der Waals surface area contributed by atoms with Gasteiger partial charge in [-0.25, -0.2) is 9.18 Å². The first kappa shape index (κ1) is 23.3. The smallest absolute Gasteiger partial charge is 0.360 e. The summed E-state index contributed by atoms with van der Waals surface area (Å²) in [6, 6.07) is 3.19. The van der Waals surface area contributed by atoms with Crippen molar-refractivity contribution in [3.8, 4) is 0 Å². The topological polar surface area (TPSA) is 75.4 Å². The second kappa shape index (κ2) is 9.01. The molecule has 5 nitrogen and oxygen atoms in total. The van der Waals surface area contributed by atoms with Crippen LogP contribution in [0.5, 0.6) is 0 Å². The van der Waals surface area contributed by atoms with Crippen molar-refractivity contribution in [1.29, 1.82) is 0 Å². The van der Waals surface area contributed by atoms with E-state index in [1.807, 2.05) is 0 Å². The Bertz CT molecular complexity index is 862. The van der Waals surface area contributed by atoms with Gasteiger partial charge in [0, 0.05) is 13.0 Å². The van der Waals surface area contributed by atoms with Crippen molar-refractivity contribution in [2.75, 3.05) is 18.9 Å². The summed E-state index contributed by atoms with van der Waals surface area (Å²) >= 11 is 0. The zero-order valence-electron chi connectivity index (χ0n) is 17.5. The molecule has 0 aliphatic heterocycles. The first-order valence-electron chi connectivity index (χ1n) is 10.4. The van der Waals surface area contributed by atoms with Gasteiger partial charge in [0.25, 0.3) is 0 Å². The maximum absolute atomic E-state index is 14.7. The Morgan fingerprint density at radius 1 is 1.26 bits per heavy atom. The number of nitrogens with zero attached hydrogens (tertiary/aromatic N) is 1. The molecule has 2 fully saturated rings. The number of likely N-dealkylation sites (N-methyl/N-ethyl adjacent to an activating group) is 1. The summed E-state index contributed by atoms with van der Waals surface area (Å²) in [5.74, 6) is 0.565. The number of allylic oxidation sites excluding steroid dienone is 1. The molecule has 9 heteroatoms. The minimum Gasteiger partial charge on any atom is -0.360 e. The van der Waals surface area contributed by atoms with Crippen LogP contribution in [0.2, 0.25) is 0 Å². The molecule has 0 aromatic heterocycles. The minimum absolute atomic E-state index is 0.0537. The number of amides is 1. The monoisotopic (exact) mass is 441 g/mol. The fraction of sp³-hybridized carbons (Fsp3) is 0.591. The number of nitrogens with one attached hydrogen (secondary N) is 1. The predicted octanol–water partition coefficient (Wildman–Crippen LogP) is 3.84. The van der Waals surface area contributed by atoms with Crippen LogP contribution >= 0.6 is 0 Å². The second-order valence-corrected chi connectivity index (χ2v) is 8.69. The normalized spacial score (nSPS) is 18.3. The molecular weight excluding hydrogens is 414 g/mol. The largest absolute Gasteiger partial charge is 0.405 e. The van der Waals surface area contributed by atoms with Gasteiger partial charge in [0.15, 0.2) is 0 Å². The third-order valence-electron chi connectivity index (χ3n) is 6.14. The van der Waals surface area contributed by atoms with E-state index in [1.54, 1.807) is 0 Å². The third-order valence-corrected chi connectivity index (χ3v) is 6.14. The molecule has 1 aromatic carbocycles. The highest BCUT2D eigenvalue weighted by molar-refractivity contribution is 5.95. The molecule has 0 saturated heterocycles. The highest BCUT2D eigenvalue weighted by Crippen LogP contribution is 2.50. The number of nitrogens with two attached hydrogens (primary N) is 1. The molecule has 0 heterocycles. The van der Waals surface area contributed by atoms with Gasteiger partial charge in [0.05, 0.1) is 11.7 Å². The van der Waals surface area contributed by atoms with Gasteiger partial charge in [0.2, 0.25) is 5.91 Å².